The van der Waals surface area contributed by atoms with Gasteiger partial charge in [-0.25, -0.2) is 0 Å². The van der Waals surface area contributed by atoms with Crippen LogP contribution in [0.3, 0.4) is 0 Å². The Hall–Kier alpha value is -2.40. The molecule has 61 heavy (non-hydrogen) atoms. The third-order valence-electron chi connectivity index (χ3n) is 13.3. The molecule has 3 fully saturated rings. The summed E-state index contributed by atoms with van der Waals surface area (Å²) < 4.78 is 37.0. The number of ether oxygens (including phenoxy) is 6. The van der Waals surface area contributed by atoms with Gasteiger partial charge in [0.25, 0.3) is 0 Å². The highest BCUT2D eigenvalue weighted by Gasteiger charge is 2.52. The van der Waals surface area contributed by atoms with E-state index in [0.717, 1.165) is 0 Å². The molecule has 0 spiro atoms. The molecule has 0 aromatic rings. The Bertz CT molecular complexity index is 1440. The first-order valence-electron chi connectivity index (χ1n) is 22.7. The Balaban J connectivity index is 2.06. The molecule has 15 atom stereocenters. The maximum atomic E-state index is 14.2. The summed E-state index contributed by atoms with van der Waals surface area (Å²) in [7, 11) is 7.20. The Morgan fingerprint density at radius 1 is 1.03 bits per heavy atom. The molecule has 3 aliphatic rings. The molecule has 0 radical (unpaired) electrons. The number of carbonyl (C=O) groups is 4. The molecule has 3 N–H and O–H groups in total. The lowest BCUT2D eigenvalue weighted by Crippen LogP contribution is -2.59. The molecule has 1 unspecified atom stereocenters. The van der Waals surface area contributed by atoms with Crippen LogP contribution in [-0.2, 0) is 47.6 Å². The molecule has 3 aliphatic heterocycles. The number of nitrogens with one attached hydrogen (secondary N) is 1. The Morgan fingerprint density at radius 3 is 2.28 bits per heavy atom. The molecule has 2 amide bonds. The van der Waals surface area contributed by atoms with E-state index in [2.05, 4.69) is 5.32 Å². The Morgan fingerprint density at radius 2 is 1.69 bits per heavy atom. The van der Waals surface area contributed by atoms with Crippen LogP contribution in [0.4, 0.5) is 0 Å². The summed E-state index contributed by atoms with van der Waals surface area (Å²) >= 11 is 0. The van der Waals surface area contributed by atoms with E-state index >= 15 is 0 Å². The molecule has 0 aliphatic carbocycles. The lowest BCUT2D eigenvalue weighted by atomic mass is 9.68. The van der Waals surface area contributed by atoms with Gasteiger partial charge in [0.2, 0.25) is 11.8 Å². The fourth-order valence-corrected chi connectivity index (χ4v) is 10.1. The van der Waals surface area contributed by atoms with Crippen molar-refractivity contribution in [1.29, 1.82) is 0 Å². The van der Waals surface area contributed by atoms with E-state index in [4.69, 9.17) is 28.4 Å². The number of hydrogen-bond acceptors (Lipinski definition) is 13. The number of aliphatic hydroxyl groups excluding tert-OH is 1. The van der Waals surface area contributed by atoms with Gasteiger partial charge < -0.3 is 53.8 Å². The van der Waals surface area contributed by atoms with E-state index in [0.29, 0.717) is 45.2 Å². The van der Waals surface area contributed by atoms with Crippen molar-refractivity contribution < 1.29 is 57.8 Å². The average molecular weight is 870 g/mol. The maximum absolute atomic E-state index is 14.2. The van der Waals surface area contributed by atoms with E-state index in [-0.39, 0.29) is 61.5 Å². The quantitative estimate of drug-likeness (QED) is 0.254. The minimum absolute atomic E-state index is 0.0708. The number of aliphatic hydroxyl groups is 2. The van der Waals surface area contributed by atoms with Gasteiger partial charge in [-0.1, -0.05) is 27.2 Å². The summed E-state index contributed by atoms with van der Waals surface area (Å²) in [5.41, 5.74) is -3.00. The molecule has 354 valence electrons. The van der Waals surface area contributed by atoms with Crippen molar-refractivity contribution in [3.8, 4) is 0 Å². The van der Waals surface area contributed by atoms with Gasteiger partial charge >= 0.3 is 11.9 Å². The molecule has 0 saturated carbocycles. The zero-order valence-electron chi connectivity index (χ0n) is 40.2. The molecule has 0 aromatic heterocycles. The number of esters is 2. The van der Waals surface area contributed by atoms with Crippen LogP contribution in [0.2, 0.25) is 0 Å². The third-order valence-corrected chi connectivity index (χ3v) is 13.3. The molecular formula is C46H83N3O12. The van der Waals surface area contributed by atoms with Crippen LogP contribution < -0.4 is 5.32 Å². The highest BCUT2D eigenvalue weighted by Crippen LogP contribution is 2.43. The normalized spacial score (nSPS) is 39.3. The second kappa shape index (κ2) is 22.5. The topological polar surface area (TPSA) is 183 Å². The zero-order chi connectivity index (χ0) is 46.2. The van der Waals surface area contributed by atoms with Gasteiger partial charge in [-0.3, -0.25) is 19.2 Å². The first-order chi connectivity index (χ1) is 28.2. The largest absolute Gasteiger partial charge is 0.460 e. The van der Waals surface area contributed by atoms with Crippen LogP contribution >= 0.6 is 0 Å². The van der Waals surface area contributed by atoms with Crippen molar-refractivity contribution in [2.75, 3.05) is 41.3 Å². The van der Waals surface area contributed by atoms with E-state index < -0.39 is 83.3 Å². The van der Waals surface area contributed by atoms with E-state index in [1.807, 2.05) is 74.4 Å². The highest BCUT2D eigenvalue weighted by atomic mass is 16.7. The highest BCUT2D eigenvalue weighted by molar-refractivity contribution is 5.80. The summed E-state index contributed by atoms with van der Waals surface area (Å²) in [5.74, 6) is -3.51. The minimum atomic E-state index is -1.40. The van der Waals surface area contributed by atoms with Crippen LogP contribution in [0, 0.1) is 29.6 Å². The maximum Gasteiger partial charge on any atom is 0.306 e. The molecule has 3 saturated heterocycles. The Labute approximate surface area is 366 Å². The van der Waals surface area contributed by atoms with Crippen LogP contribution in [0.15, 0.2) is 0 Å². The fraction of sp³-hybridized carbons (Fsp3) is 0.913. The van der Waals surface area contributed by atoms with Gasteiger partial charge in [-0.2, -0.15) is 0 Å². The molecule has 3 rings (SSSR count). The minimum Gasteiger partial charge on any atom is -0.460 e. The Kier molecular flexibility index (Phi) is 19.5. The van der Waals surface area contributed by atoms with Crippen molar-refractivity contribution in [2.24, 2.45) is 29.6 Å². The van der Waals surface area contributed by atoms with Crippen molar-refractivity contribution in [3.05, 3.63) is 0 Å². The van der Waals surface area contributed by atoms with Gasteiger partial charge in [-0.05, 0) is 119 Å². The SMILES string of the molecule is CO[C@]1(C)C[C@H](O[C@H]2[C@H](C)[C@@H](C[C@@H]3O[C@H](C)C[C@H](N(C)C)[C@H]3O)[C@](C)(O)C[C@@H](C)CN(C)C(=O)C(CCC(=O)OC(C)(C)C)CCCCNC(=O)[C@@H]2C)O[C@@H](C)[C@@H]1OC(C)=O. The summed E-state index contributed by atoms with van der Waals surface area (Å²) in [5, 5.41) is 27.7. The summed E-state index contributed by atoms with van der Waals surface area (Å²) in [6.07, 6.45) is -0.956. The van der Waals surface area contributed by atoms with Crippen LogP contribution in [0.5, 0.6) is 0 Å². The van der Waals surface area contributed by atoms with Gasteiger partial charge in [0.15, 0.2) is 12.4 Å². The summed E-state index contributed by atoms with van der Waals surface area (Å²) in [6, 6.07) is -0.170. The molecule has 0 aromatic carbocycles. The lowest BCUT2D eigenvalue weighted by Gasteiger charge is -2.49. The molecule has 3 heterocycles. The standard InChI is InChI=1S/C46H83N3O12/c1-27-24-45(10,55)34(23-36-39(52)35(48(12)13)22-28(2)57-36)29(3)40(60-38-25-46(11,56-15)41(31(5)58-38)59-32(6)50)30(4)42(53)47-21-17-16-18-33(43(54)49(14)26-27)19-20-37(51)61-44(7,8)9/h27-31,33-36,38-41,52,55H,16-26H2,1-15H3,(H,47,53)/t27-,28-,29-,30-,31+,33?,34-,35+,36+,38+,39-,40+,41+,45-,46-/m1/s1. The number of rotatable bonds is 10. The van der Waals surface area contributed by atoms with Gasteiger partial charge in [0.05, 0.1) is 42.0 Å². The summed E-state index contributed by atoms with van der Waals surface area (Å²) in [6.45, 7) is 20.7. The number of amides is 2. The number of likely N-dealkylation sites (N-methyl/N-ethyl adjacent to an activating group) is 1. The van der Waals surface area contributed by atoms with Crippen LogP contribution in [0.25, 0.3) is 0 Å². The van der Waals surface area contributed by atoms with E-state index in [1.165, 1.54) is 6.92 Å². The number of methoxy groups -OCH3 is 1. The van der Waals surface area contributed by atoms with Crippen molar-refractivity contribution in [2.45, 2.75) is 200 Å². The van der Waals surface area contributed by atoms with Gasteiger partial charge in [0, 0.05) is 59.0 Å². The zero-order valence-corrected chi connectivity index (χ0v) is 40.2. The second-order valence-corrected chi connectivity index (χ2v) is 20.3. The second-order valence-electron chi connectivity index (χ2n) is 20.3. The average Bonchev–Trinajstić information content (AvgIpc) is 3.13. The third kappa shape index (κ3) is 15.1. The van der Waals surface area contributed by atoms with E-state index in [1.54, 1.807) is 32.9 Å². The van der Waals surface area contributed by atoms with E-state index in [9.17, 15) is 29.4 Å². The predicted octanol–water partition coefficient (Wildman–Crippen LogP) is 4.86. The predicted molar refractivity (Wildman–Crippen MR) is 231 cm³/mol. The molecule has 15 heteroatoms. The number of carbonyl (C=O) groups excluding carboxylic acids is 4. The smallest absolute Gasteiger partial charge is 0.306 e. The van der Waals surface area contributed by atoms with Crippen LogP contribution in [-0.4, -0.2) is 151 Å². The first-order valence-corrected chi connectivity index (χ1v) is 22.7. The summed E-state index contributed by atoms with van der Waals surface area (Å²) in [4.78, 5) is 56.8. The van der Waals surface area contributed by atoms with Gasteiger partial charge in [0.1, 0.15) is 11.2 Å². The van der Waals surface area contributed by atoms with Crippen molar-refractivity contribution in [3.63, 3.8) is 0 Å². The van der Waals surface area contributed by atoms with Crippen molar-refractivity contribution >= 4 is 23.8 Å². The van der Waals surface area contributed by atoms with Crippen molar-refractivity contribution in [1.82, 2.24) is 15.1 Å². The number of nitrogens with zero attached hydrogens (tertiary/aromatic N) is 2. The molecule has 15 nitrogen and oxygen atoms in total. The molecule has 0 bridgehead atoms. The fourth-order valence-electron chi connectivity index (χ4n) is 10.1. The monoisotopic (exact) mass is 870 g/mol. The first kappa shape index (κ1) is 52.9. The number of hydrogen-bond donors (Lipinski definition) is 3. The lowest BCUT2D eigenvalue weighted by molar-refractivity contribution is -0.300. The van der Waals surface area contributed by atoms with Gasteiger partial charge in [-0.15, -0.1) is 0 Å². The molecular weight excluding hydrogens is 787 g/mol. The van der Waals surface area contributed by atoms with Crippen LogP contribution in [0.1, 0.15) is 134 Å².